The predicted octanol–water partition coefficient (Wildman–Crippen LogP) is 4.41. The predicted molar refractivity (Wildman–Crippen MR) is 123 cm³/mol. The van der Waals surface area contributed by atoms with Crippen molar-refractivity contribution < 1.29 is 14.3 Å². The lowest BCUT2D eigenvalue weighted by Gasteiger charge is -2.35. The van der Waals surface area contributed by atoms with Gasteiger partial charge in [-0.25, -0.2) is 4.79 Å². The minimum atomic E-state index is -0.515. The number of nitrogens with zero attached hydrogens (tertiary/aromatic N) is 5. The van der Waals surface area contributed by atoms with Gasteiger partial charge in [0.15, 0.2) is 5.16 Å². The van der Waals surface area contributed by atoms with E-state index in [2.05, 4.69) is 15.0 Å². The summed E-state index contributed by atoms with van der Waals surface area (Å²) >= 11 is 13.4. The molecule has 0 bridgehead atoms. The Balaban J connectivity index is 1.50. The van der Waals surface area contributed by atoms with E-state index in [0.29, 0.717) is 54.7 Å². The second-order valence-corrected chi connectivity index (χ2v) is 9.63. The standard InChI is InChI=1S/C20H25Cl2N5O3S/c1-20(2,3)30-19(28)27-10-8-26(9-11-27)17-23-16(22)24-18(25-17)31-13-12-29-15-6-4-14(21)5-7-15/h4-7H,8-13H2,1-3H3. The average molecular weight is 486 g/mol. The molecule has 0 spiro atoms. The van der Waals surface area contributed by atoms with Gasteiger partial charge >= 0.3 is 6.09 Å². The van der Waals surface area contributed by atoms with E-state index in [1.807, 2.05) is 37.8 Å². The number of benzene rings is 1. The number of piperazine rings is 1. The van der Waals surface area contributed by atoms with Crippen LogP contribution in [0.3, 0.4) is 0 Å². The summed E-state index contributed by atoms with van der Waals surface area (Å²) in [6.07, 6.45) is -0.308. The van der Waals surface area contributed by atoms with E-state index >= 15 is 0 Å². The van der Waals surface area contributed by atoms with Crippen LogP contribution in [0.5, 0.6) is 5.75 Å². The highest BCUT2D eigenvalue weighted by Gasteiger charge is 2.27. The topological polar surface area (TPSA) is 80.7 Å². The molecule has 3 rings (SSSR count). The first-order valence-electron chi connectivity index (χ1n) is 9.85. The van der Waals surface area contributed by atoms with E-state index in [1.165, 1.54) is 11.8 Å². The van der Waals surface area contributed by atoms with Crippen LogP contribution in [0.2, 0.25) is 10.3 Å². The zero-order valence-electron chi connectivity index (χ0n) is 17.7. The summed E-state index contributed by atoms with van der Waals surface area (Å²) in [6.45, 7) is 8.27. The quantitative estimate of drug-likeness (QED) is 0.439. The Morgan fingerprint density at radius 2 is 1.74 bits per heavy atom. The Morgan fingerprint density at radius 3 is 2.39 bits per heavy atom. The lowest BCUT2D eigenvalue weighted by atomic mass is 10.2. The van der Waals surface area contributed by atoms with Gasteiger partial charge in [-0.2, -0.15) is 15.0 Å². The number of anilines is 1. The molecule has 1 fully saturated rings. The lowest BCUT2D eigenvalue weighted by Crippen LogP contribution is -2.50. The van der Waals surface area contributed by atoms with Crippen molar-refractivity contribution in [2.75, 3.05) is 43.4 Å². The Morgan fingerprint density at radius 1 is 1.06 bits per heavy atom. The van der Waals surface area contributed by atoms with E-state index in [9.17, 15) is 4.79 Å². The van der Waals surface area contributed by atoms with Crippen LogP contribution in [-0.2, 0) is 4.74 Å². The van der Waals surface area contributed by atoms with Crippen LogP contribution in [0.15, 0.2) is 29.4 Å². The molecule has 0 atom stereocenters. The molecule has 1 aliphatic heterocycles. The minimum Gasteiger partial charge on any atom is -0.493 e. The number of hydrogen-bond acceptors (Lipinski definition) is 8. The normalized spacial score (nSPS) is 14.5. The summed E-state index contributed by atoms with van der Waals surface area (Å²) in [5, 5.41) is 1.34. The van der Waals surface area contributed by atoms with E-state index in [-0.39, 0.29) is 11.4 Å². The molecule has 168 valence electrons. The number of thioether (sulfide) groups is 1. The number of amides is 1. The molecule has 0 unspecified atom stereocenters. The van der Waals surface area contributed by atoms with Crippen molar-refractivity contribution in [1.82, 2.24) is 19.9 Å². The Hall–Kier alpha value is -1.97. The van der Waals surface area contributed by atoms with Gasteiger partial charge in [-0.15, -0.1) is 0 Å². The molecule has 1 aromatic heterocycles. The molecular formula is C20H25Cl2N5O3S. The first kappa shape index (κ1) is 23.7. The maximum Gasteiger partial charge on any atom is 0.410 e. The molecular weight excluding hydrogens is 461 g/mol. The Labute approximate surface area is 196 Å². The van der Waals surface area contributed by atoms with E-state index in [4.69, 9.17) is 32.7 Å². The van der Waals surface area contributed by atoms with Gasteiger partial charge in [0.2, 0.25) is 11.2 Å². The number of ether oxygens (including phenoxy) is 2. The van der Waals surface area contributed by atoms with Crippen LogP contribution in [0, 0.1) is 0 Å². The Kier molecular flexibility index (Phi) is 8.07. The van der Waals surface area contributed by atoms with E-state index in [1.54, 1.807) is 17.0 Å². The van der Waals surface area contributed by atoms with Crippen molar-refractivity contribution >= 4 is 47.0 Å². The zero-order valence-corrected chi connectivity index (χ0v) is 20.0. The summed E-state index contributed by atoms with van der Waals surface area (Å²) in [5.74, 6) is 1.90. The fourth-order valence-electron chi connectivity index (χ4n) is 2.77. The molecule has 0 N–H and O–H groups in total. The monoisotopic (exact) mass is 485 g/mol. The molecule has 31 heavy (non-hydrogen) atoms. The van der Waals surface area contributed by atoms with Crippen molar-refractivity contribution in [3.8, 4) is 5.75 Å². The molecule has 2 heterocycles. The fourth-order valence-corrected chi connectivity index (χ4v) is 3.74. The molecule has 1 aromatic carbocycles. The Bertz CT molecular complexity index is 887. The number of rotatable bonds is 6. The summed E-state index contributed by atoms with van der Waals surface area (Å²) in [4.78, 5) is 28.9. The largest absolute Gasteiger partial charge is 0.493 e. The SMILES string of the molecule is CC(C)(C)OC(=O)N1CCN(c2nc(Cl)nc(SCCOc3ccc(Cl)cc3)n2)CC1. The molecule has 0 aliphatic carbocycles. The van der Waals surface area contributed by atoms with Gasteiger partial charge in [-0.3, -0.25) is 0 Å². The average Bonchev–Trinajstić information content (AvgIpc) is 2.71. The molecule has 2 aromatic rings. The van der Waals surface area contributed by atoms with Crippen molar-refractivity contribution in [1.29, 1.82) is 0 Å². The van der Waals surface area contributed by atoms with Gasteiger partial charge < -0.3 is 19.3 Å². The third kappa shape index (κ3) is 7.59. The maximum atomic E-state index is 12.2. The van der Waals surface area contributed by atoms with E-state index < -0.39 is 5.60 Å². The smallest absolute Gasteiger partial charge is 0.410 e. The van der Waals surface area contributed by atoms with Gasteiger partial charge in [0.25, 0.3) is 0 Å². The second kappa shape index (κ2) is 10.6. The number of halogens is 2. The second-order valence-electron chi connectivity index (χ2n) is 7.79. The van der Waals surface area contributed by atoms with Crippen LogP contribution in [-0.4, -0.2) is 70.1 Å². The molecule has 8 nitrogen and oxygen atoms in total. The van der Waals surface area contributed by atoms with Crippen LogP contribution in [0.1, 0.15) is 20.8 Å². The summed E-state index contributed by atoms with van der Waals surface area (Å²) in [5.41, 5.74) is -0.515. The lowest BCUT2D eigenvalue weighted by molar-refractivity contribution is 0.0240. The van der Waals surface area contributed by atoms with Gasteiger partial charge in [-0.05, 0) is 56.6 Å². The molecule has 11 heteroatoms. The van der Waals surface area contributed by atoms with Gasteiger partial charge in [0.1, 0.15) is 11.4 Å². The molecule has 1 amide bonds. The number of carbonyl (C=O) groups excluding carboxylic acids is 1. The number of hydrogen-bond donors (Lipinski definition) is 0. The van der Waals surface area contributed by atoms with Crippen molar-refractivity contribution in [3.05, 3.63) is 34.6 Å². The first-order valence-corrected chi connectivity index (χ1v) is 11.6. The van der Waals surface area contributed by atoms with Crippen LogP contribution in [0.25, 0.3) is 0 Å². The minimum absolute atomic E-state index is 0.140. The third-order valence-corrected chi connectivity index (χ3v) is 5.42. The maximum absolute atomic E-state index is 12.2. The van der Waals surface area contributed by atoms with Gasteiger partial charge in [0, 0.05) is 37.0 Å². The molecule has 0 radical (unpaired) electrons. The van der Waals surface area contributed by atoms with Gasteiger partial charge in [-0.1, -0.05) is 23.4 Å². The highest BCUT2D eigenvalue weighted by atomic mass is 35.5. The zero-order chi connectivity index (χ0) is 22.4. The van der Waals surface area contributed by atoms with Crippen molar-refractivity contribution in [2.45, 2.75) is 31.5 Å². The first-order chi connectivity index (χ1) is 14.7. The van der Waals surface area contributed by atoms with Crippen molar-refractivity contribution in [2.24, 2.45) is 0 Å². The highest BCUT2D eigenvalue weighted by molar-refractivity contribution is 7.99. The van der Waals surface area contributed by atoms with E-state index in [0.717, 1.165) is 5.75 Å². The summed E-state index contributed by atoms with van der Waals surface area (Å²) in [6, 6.07) is 7.21. The van der Waals surface area contributed by atoms with Crippen molar-refractivity contribution in [3.63, 3.8) is 0 Å². The van der Waals surface area contributed by atoms with Gasteiger partial charge in [0.05, 0.1) is 6.61 Å². The molecule has 0 saturated carbocycles. The highest BCUT2D eigenvalue weighted by Crippen LogP contribution is 2.21. The van der Waals surface area contributed by atoms with Crippen LogP contribution in [0.4, 0.5) is 10.7 Å². The molecule has 1 aliphatic rings. The van der Waals surface area contributed by atoms with Crippen LogP contribution < -0.4 is 9.64 Å². The van der Waals surface area contributed by atoms with Crippen LogP contribution >= 0.6 is 35.0 Å². The fraction of sp³-hybridized carbons (Fsp3) is 0.500. The summed E-state index contributed by atoms with van der Waals surface area (Å²) < 4.78 is 11.1. The summed E-state index contributed by atoms with van der Waals surface area (Å²) in [7, 11) is 0. The third-order valence-electron chi connectivity index (χ3n) is 4.19. The molecule has 1 saturated heterocycles. The number of aromatic nitrogens is 3. The number of carbonyl (C=O) groups is 1.